The van der Waals surface area contributed by atoms with E-state index in [9.17, 15) is 0 Å². The van der Waals surface area contributed by atoms with E-state index in [1.165, 1.54) is 0 Å². The highest BCUT2D eigenvalue weighted by Crippen LogP contribution is 2.39. The minimum atomic E-state index is 0.475. The van der Waals surface area contributed by atoms with Crippen LogP contribution in [-0.4, -0.2) is 50.5 Å². The number of hydrogen-bond acceptors (Lipinski definition) is 7. The van der Waals surface area contributed by atoms with Crippen molar-refractivity contribution in [2.24, 2.45) is 5.84 Å². The molecule has 1 fully saturated rings. The minimum absolute atomic E-state index is 0.475. The van der Waals surface area contributed by atoms with E-state index in [4.69, 9.17) is 20.3 Å². The molecule has 0 radical (unpaired) electrons. The van der Waals surface area contributed by atoms with Crippen molar-refractivity contribution in [3.63, 3.8) is 0 Å². The number of nitrogens with one attached hydrogen (secondary N) is 1. The van der Waals surface area contributed by atoms with Gasteiger partial charge in [-0.25, -0.2) is 15.8 Å². The van der Waals surface area contributed by atoms with E-state index >= 15 is 0 Å². The van der Waals surface area contributed by atoms with Crippen LogP contribution in [0.1, 0.15) is 30.1 Å². The van der Waals surface area contributed by atoms with Gasteiger partial charge in [0, 0.05) is 38.8 Å². The van der Waals surface area contributed by atoms with Gasteiger partial charge in [-0.1, -0.05) is 0 Å². The molecule has 0 unspecified atom stereocenters. The maximum Gasteiger partial charge on any atom is 0.148 e. The van der Waals surface area contributed by atoms with Crippen molar-refractivity contribution in [2.45, 2.75) is 25.7 Å². The van der Waals surface area contributed by atoms with Crippen LogP contribution in [0, 0.1) is 6.92 Å². The van der Waals surface area contributed by atoms with Crippen molar-refractivity contribution in [1.29, 1.82) is 0 Å². The predicted molar refractivity (Wildman–Crippen MR) is 82.5 cm³/mol. The predicted octanol–water partition coefficient (Wildman–Crippen LogP) is 1.05. The van der Waals surface area contributed by atoms with E-state index in [1.54, 1.807) is 14.2 Å². The number of hydrazine groups is 1. The second-order valence-corrected chi connectivity index (χ2v) is 5.27. The third kappa shape index (κ3) is 4.03. The van der Waals surface area contributed by atoms with E-state index in [0.29, 0.717) is 24.9 Å². The van der Waals surface area contributed by atoms with Gasteiger partial charge in [0.2, 0.25) is 0 Å². The van der Waals surface area contributed by atoms with Crippen molar-refractivity contribution in [3.05, 3.63) is 11.4 Å². The lowest BCUT2D eigenvalue weighted by molar-refractivity contribution is 0.190. The summed E-state index contributed by atoms with van der Waals surface area (Å²) in [5.41, 5.74) is 3.64. The van der Waals surface area contributed by atoms with Gasteiger partial charge in [0.15, 0.2) is 0 Å². The summed E-state index contributed by atoms with van der Waals surface area (Å²) in [6, 6.07) is 0. The monoisotopic (exact) mass is 295 g/mol. The van der Waals surface area contributed by atoms with Crippen LogP contribution in [0.15, 0.2) is 0 Å². The number of nitrogen functional groups attached to an aromatic ring is 1. The third-order valence-corrected chi connectivity index (χ3v) is 3.65. The lowest BCUT2D eigenvalue weighted by atomic mass is 10.2. The van der Waals surface area contributed by atoms with Gasteiger partial charge in [0.25, 0.3) is 0 Å². The second-order valence-electron chi connectivity index (χ2n) is 5.27. The fraction of sp³-hybridized carbons (Fsp3) is 0.714. The van der Waals surface area contributed by atoms with E-state index < -0.39 is 0 Å². The van der Waals surface area contributed by atoms with Crippen LogP contribution < -0.4 is 16.2 Å². The summed E-state index contributed by atoms with van der Waals surface area (Å²) in [5.74, 6) is 8.56. The Balaban J connectivity index is 2.29. The number of methoxy groups -OCH3 is 2. The molecule has 1 heterocycles. The number of anilines is 2. The molecule has 1 saturated carbocycles. The number of hydrogen-bond donors (Lipinski definition) is 2. The van der Waals surface area contributed by atoms with Crippen LogP contribution in [0.3, 0.4) is 0 Å². The fourth-order valence-corrected chi connectivity index (χ4v) is 2.22. The van der Waals surface area contributed by atoms with Crippen LogP contribution >= 0.6 is 0 Å². The molecule has 0 saturated heterocycles. The lowest BCUT2D eigenvalue weighted by Crippen LogP contribution is -2.32. The Bertz CT molecular complexity index is 457. The molecule has 2 rings (SSSR count). The molecule has 7 heteroatoms. The minimum Gasteiger partial charge on any atom is -0.383 e. The Labute approximate surface area is 125 Å². The fourth-order valence-electron chi connectivity index (χ4n) is 2.22. The Hall–Kier alpha value is -1.44. The Kier molecular flexibility index (Phi) is 5.72. The zero-order valence-electron chi connectivity index (χ0n) is 13.1. The van der Waals surface area contributed by atoms with E-state index in [0.717, 1.165) is 43.1 Å². The molecule has 118 valence electrons. The highest BCUT2D eigenvalue weighted by atomic mass is 16.5. The maximum absolute atomic E-state index is 5.60. The van der Waals surface area contributed by atoms with E-state index in [-0.39, 0.29) is 0 Å². The molecule has 7 nitrogen and oxygen atoms in total. The Morgan fingerprint density at radius 3 is 2.29 bits per heavy atom. The van der Waals surface area contributed by atoms with E-state index in [2.05, 4.69) is 15.3 Å². The number of rotatable bonds is 9. The SMILES string of the molecule is COCCN(CCOC)c1nc(C2CC2)nc(NN)c1C. The van der Waals surface area contributed by atoms with Gasteiger partial charge < -0.3 is 19.8 Å². The molecule has 21 heavy (non-hydrogen) atoms. The summed E-state index contributed by atoms with van der Waals surface area (Å²) in [5, 5.41) is 0. The molecule has 0 spiro atoms. The Morgan fingerprint density at radius 2 is 1.81 bits per heavy atom. The summed E-state index contributed by atoms with van der Waals surface area (Å²) in [6.45, 7) is 4.76. The summed E-state index contributed by atoms with van der Waals surface area (Å²) in [7, 11) is 3.40. The first kappa shape index (κ1) is 15.9. The summed E-state index contributed by atoms with van der Waals surface area (Å²) < 4.78 is 10.4. The molecular formula is C14H25N5O2. The van der Waals surface area contributed by atoms with Crippen molar-refractivity contribution >= 4 is 11.6 Å². The summed E-state index contributed by atoms with van der Waals surface area (Å²) in [6.07, 6.45) is 2.31. The van der Waals surface area contributed by atoms with Crippen LogP contribution in [-0.2, 0) is 9.47 Å². The highest BCUT2D eigenvalue weighted by molar-refractivity contribution is 5.58. The lowest BCUT2D eigenvalue weighted by Gasteiger charge is -2.26. The molecular weight excluding hydrogens is 270 g/mol. The molecule has 1 aromatic heterocycles. The van der Waals surface area contributed by atoms with E-state index in [1.807, 2.05) is 6.92 Å². The first-order valence-electron chi connectivity index (χ1n) is 7.29. The zero-order chi connectivity index (χ0) is 15.2. The average molecular weight is 295 g/mol. The van der Waals surface area contributed by atoms with Crippen molar-refractivity contribution < 1.29 is 9.47 Å². The molecule has 0 atom stereocenters. The zero-order valence-corrected chi connectivity index (χ0v) is 13.1. The number of nitrogens with zero attached hydrogens (tertiary/aromatic N) is 3. The van der Waals surface area contributed by atoms with Crippen LogP contribution in [0.2, 0.25) is 0 Å². The van der Waals surface area contributed by atoms with Gasteiger partial charge in [-0.05, 0) is 19.8 Å². The molecule has 0 bridgehead atoms. The molecule has 0 aliphatic heterocycles. The first-order valence-corrected chi connectivity index (χ1v) is 7.29. The van der Waals surface area contributed by atoms with Gasteiger partial charge in [-0.3, -0.25) is 0 Å². The topological polar surface area (TPSA) is 85.5 Å². The van der Waals surface area contributed by atoms with Gasteiger partial charge in [0.05, 0.1) is 13.2 Å². The normalized spacial score (nSPS) is 14.3. The van der Waals surface area contributed by atoms with Crippen molar-refractivity contribution in [3.8, 4) is 0 Å². The van der Waals surface area contributed by atoms with Crippen molar-refractivity contribution in [2.75, 3.05) is 50.8 Å². The Morgan fingerprint density at radius 1 is 1.19 bits per heavy atom. The van der Waals surface area contributed by atoms with Crippen LogP contribution in [0.4, 0.5) is 11.6 Å². The number of nitrogens with two attached hydrogens (primary N) is 1. The van der Waals surface area contributed by atoms with Gasteiger partial charge in [0.1, 0.15) is 17.5 Å². The highest BCUT2D eigenvalue weighted by Gasteiger charge is 2.29. The number of aromatic nitrogens is 2. The molecule has 1 aromatic rings. The molecule has 1 aliphatic rings. The molecule has 3 N–H and O–H groups in total. The van der Waals surface area contributed by atoms with Gasteiger partial charge in [-0.15, -0.1) is 0 Å². The molecule has 1 aliphatic carbocycles. The first-order chi connectivity index (χ1) is 10.2. The summed E-state index contributed by atoms with van der Waals surface area (Å²) in [4.78, 5) is 11.4. The molecule has 0 amide bonds. The quantitative estimate of drug-likeness (QED) is 0.520. The average Bonchev–Trinajstić information content (AvgIpc) is 3.33. The summed E-state index contributed by atoms with van der Waals surface area (Å²) >= 11 is 0. The third-order valence-electron chi connectivity index (χ3n) is 3.65. The smallest absolute Gasteiger partial charge is 0.148 e. The largest absolute Gasteiger partial charge is 0.383 e. The van der Waals surface area contributed by atoms with Crippen molar-refractivity contribution in [1.82, 2.24) is 9.97 Å². The van der Waals surface area contributed by atoms with Gasteiger partial charge >= 0.3 is 0 Å². The standard InChI is InChI=1S/C14H25N5O2/c1-10-12(18-15)16-13(11-4-5-11)17-14(10)19(6-8-20-2)7-9-21-3/h11H,4-9,15H2,1-3H3,(H,16,17,18). The van der Waals surface area contributed by atoms with Crippen LogP contribution in [0.5, 0.6) is 0 Å². The molecule has 0 aromatic carbocycles. The van der Waals surface area contributed by atoms with Gasteiger partial charge in [-0.2, -0.15) is 0 Å². The van der Waals surface area contributed by atoms with Crippen LogP contribution in [0.25, 0.3) is 0 Å². The number of ether oxygens (including phenoxy) is 2. The second kappa shape index (κ2) is 7.53. The maximum atomic E-state index is 5.60.